The van der Waals surface area contributed by atoms with Crippen LogP contribution >= 0.6 is 0 Å². The quantitative estimate of drug-likeness (QED) is 0.883. The Morgan fingerprint density at radius 2 is 1.87 bits per heavy atom. The maximum atomic E-state index is 13.7. The van der Waals surface area contributed by atoms with Gasteiger partial charge in [0.25, 0.3) is 5.91 Å². The number of hydrogen-bond acceptors (Lipinski definition) is 3. The summed E-state index contributed by atoms with van der Waals surface area (Å²) in [5.41, 5.74) is 5.92. The number of halogens is 1. The second-order valence-electron chi connectivity index (χ2n) is 6.32. The minimum Gasteiger partial charge on any atom is -0.352 e. The number of nitrogens with zero attached hydrogens (tertiary/aromatic N) is 1. The molecule has 0 radical (unpaired) electrons. The molecule has 2 rings (SSSR count). The largest absolute Gasteiger partial charge is 0.352 e. The van der Waals surface area contributed by atoms with Crippen LogP contribution in [0.3, 0.4) is 0 Å². The van der Waals surface area contributed by atoms with Gasteiger partial charge in [-0.3, -0.25) is 9.59 Å². The lowest BCUT2D eigenvalue weighted by molar-refractivity contribution is -0.124. The molecule has 6 heteroatoms. The zero-order chi connectivity index (χ0) is 17.0. The molecule has 0 spiro atoms. The Morgan fingerprint density at radius 1 is 1.26 bits per heavy atom. The predicted octanol–water partition coefficient (Wildman–Crippen LogP) is 1.53. The number of hydrogen-bond donors (Lipinski definition) is 2. The smallest absolute Gasteiger partial charge is 0.256 e. The first-order chi connectivity index (χ1) is 10.9. The number of likely N-dealkylation sites (tertiary alicyclic amines) is 1. The van der Waals surface area contributed by atoms with Gasteiger partial charge in [0.1, 0.15) is 5.82 Å². The lowest BCUT2D eigenvalue weighted by atomic mass is 10.0. The molecular formula is C17H24FN3O2. The molecule has 1 fully saturated rings. The molecule has 0 unspecified atom stereocenters. The minimum absolute atomic E-state index is 0.0111. The van der Waals surface area contributed by atoms with Crippen LogP contribution in [0.5, 0.6) is 0 Å². The monoisotopic (exact) mass is 321 g/mol. The van der Waals surface area contributed by atoms with E-state index in [1.54, 1.807) is 17.0 Å². The highest BCUT2D eigenvalue weighted by molar-refractivity contribution is 5.94. The lowest BCUT2D eigenvalue weighted by Crippen LogP contribution is -2.51. The Bertz CT molecular complexity index is 569. The molecule has 23 heavy (non-hydrogen) atoms. The molecule has 0 saturated carbocycles. The van der Waals surface area contributed by atoms with Gasteiger partial charge in [-0.25, -0.2) is 4.39 Å². The third-order valence-electron chi connectivity index (χ3n) is 4.25. The van der Waals surface area contributed by atoms with E-state index in [2.05, 4.69) is 5.32 Å². The van der Waals surface area contributed by atoms with Gasteiger partial charge in [0.05, 0.1) is 11.6 Å². The summed E-state index contributed by atoms with van der Waals surface area (Å²) in [7, 11) is 0. The molecule has 1 aromatic rings. The van der Waals surface area contributed by atoms with Crippen LogP contribution in [0.4, 0.5) is 4.39 Å². The number of piperidine rings is 1. The third-order valence-corrected chi connectivity index (χ3v) is 4.25. The summed E-state index contributed by atoms with van der Waals surface area (Å²) in [5.74, 6) is -0.876. The number of amides is 2. The fourth-order valence-corrected chi connectivity index (χ4v) is 2.63. The van der Waals surface area contributed by atoms with Gasteiger partial charge in [-0.05, 0) is 30.9 Å². The summed E-state index contributed by atoms with van der Waals surface area (Å²) in [4.78, 5) is 25.9. The van der Waals surface area contributed by atoms with E-state index in [4.69, 9.17) is 5.73 Å². The Labute approximate surface area is 136 Å². The van der Waals surface area contributed by atoms with Crippen molar-refractivity contribution < 1.29 is 14.0 Å². The number of nitrogens with two attached hydrogens (primary N) is 1. The van der Waals surface area contributed by atoms with Crippen LogP contribution in [0.1, 0.15) is 37.0 Å². The van der Waals surface area contributed by atoms with Gasteiger partial charge >= 0.3 is 0 Å². The van der Waals surface area contributed by atoms with Gasteiger partial charge in [-0.15, -0.1) is 0 Å². The summed E-state index contributed by atoms with van der Waals surface area (Å²) in [6.07, 6.45) is 1.30. The van der Waals surface area contributed by atoms with E-state index in [1.165, 1.54) is 12.1 Å². The van der Waals surface area contributed by atoms with Crippen molar-refractivity contribution in [1.82, 2.24) is 10.2 Å². The molecule has 1 aromatic carbocycles. The summed E-state index contributed by atoms with van der Waals surface area (Å²) in [5, 5.41) is 2.93. The van der Waals surface area contributed by atoms with Crippen molar-refractivity contribution in [2.24, 2.45) is 11.7 Å². The Kier molecular flexibility index (Phi) is 5.71. The molecule has 1 saturated heterocycles. The van der Waals surface area contributed by atoms with Gasteiger partial charge in [0.2, 0.25) is 5.91 Å². The van der Waals surface area contributed by atoms with Crippen LogP contribution in [0.25, 0.3) is 0 Å². The van der Waals surface area contributed by atoms with Gasteiger partial charge in [-0.1, -0.05) is 26.0 Å². The van der Waals surface area contributed by atoms with Crippen molar-refractivity contribution in [1.29, 1.82) is 0 Å². The first-order valence-corrected chi connectivity index (χ1v) is 8.00. The number of rotatable bonds is 4. The highest BCUT2D eigenvalue weighted by Crippen LogP contribution is 2.16. The maximum absolute atomic E-state index is 13.7. The number of nitrogens with one attached hydrogen (secondary N) is 1. The highest BCUT2D eigenvalue weighted by Gasteiger charge is 2.27. The highest BCUT2D eigenvalue weighted by atomic mass is 19.1. The maximum Gasteiger partial charge on any atom is 0.256 e. The molecule has 0 bridgehead atoms. The van der Waals surface area contributed by atoms with E-state index in [0.717, 1.165) is 0 Å². The Balaban J connectivity index is 1.88. The number of carbonyl (C=O) groups excluding carboxylic acids is 2. The van der Waals surface area contributed by atoms with E-state index < -0.39 is 11.9 Å². The minimum atomic E-state index is -0.520. The lowest BCUT2D eigenvalue weighted by Gasteiger charge is -2.33. The molecule has 0 aliphatic carbocycles. The summed E-state index contributed by atoms with van der Waals surface area (Å²) in [6.45, 7) is 4.80. The zero-order valence-corrected chi connectivity index (χ0v) is 13.6. The third kappa shape index (κ3) is 4.28. The van der Waals surface area contributed by atoms with Crippen LogP contribution in [0.2, 0.25) is 0 Å². The van der Waals surface area contributed by atoms with E-state index in [1.807, 2.05) is 13.8 Å². The number of benzene rings is 1. The van der Waals surface area contributed by atoms with Crippen molar-refractivity contribution in [3.63, 3.8) is 0 Å². The van der Waals surface area contributed by atoms with Gasteiger partial charge < -0.3 is 16.0 Å². The average molecular weight is 321 g/mol. The van der Waals surface area contributed by atoms with Crippen molar-refractivity contribution in [2.75, 3.05) is 13.1 Å². The summed E-state index contributed by atoms with van der Waals surface area (Å²) in [6, 6.07) is 5.48. The van der Waals surface area contributed by atoms with Gasteiger partial charge in [0, 0.05) is 19.1 Å². The molecule has 3 N–H and O–H groups in total. The molecular weight excluding hydrogens is 297 g/mol. The molecule has 1 aliphatic heterocycles. The molecule has 126 valence electrons. The Morgan fingerprint density at radius 3 is 2.43 bits per heavy atom. The predicted molar refractivity (Wildman–Crippen MR) is 86.3 cm³/mol. The van der Waals surface area contributed by atoms with Crippen LogP contribution in [0, 0.1) is 11.7 Å². The first-order valence-electron chi connectivity index (χ1n) is 8.00. The normalized spacial score (nSPS) is 17.2. The van der Waals surface area contributed by atoms with Crippen molar-refractivity contribution in [3.05, 3.63) is 35.6 Å². The molecule has 0 aromatic heterocycles. The topological polar surface area (TPSA) is 75.4 Å². The van der Waals surface area contributed by atoms with E-state index in [0.29, 0.717) is 25.9 Å². The fraction of sp³-hybridized carbons (Fsp3) is 0.529. The van der Waals surface area contributed by atoms with Gasteiger partial charge in [0.15, 0.2) is 0 Å². The van der Waals surface area contributed by atoms with Gasteiger partial charge in [-0.2, -0.15) is 0 Å². The molecule has 2 amide bonds. The Hall–Kier alpha value is -1.95. The standard InChI is InChI=1S/C17H24FN3O2/c1-11(2)15(19)16(22)20-12-7-9-21(10-8-12)17(23)13-5-3-4-6-14(13)18/h3-6,11-12,15H,7-10,19H2,1-2H3,(H,20,22)/t15-/m0/s1. The first kappa shape index (κ1) is 17.4. The van der Waals surface area contributed by atoms with E-state index in [-0.39, 0.29) is 29.3 Å². The second kappa shape index (κ2) is 7.55. The van der Waals surface area contributed by atoms with E-state index >= 15 is 0 Å². The number of carbonyl (C=O) groups is 2. The van der Waals surface area contributed by atoms with Crippen LogP contribution in [-0.2, 0) is 4.79 Å². The van der Waals surface area contributed by atoms with Crippen molar-refractivity contribution >= 4 is 11.8 Å². The summed E-state index contributed by atoms with van der Waals surface area (Å²) < 4.78 is 13.7. The summed E-state index contributed by atoms with van der Waals surface area (Å²) >= 11 is 0. The molecule has 1 aliphatic rings. The molecule has 1 atom stereocenters. The molecule has 5 nitrogen and oxygen atoms in total. The van der Waals surface area contributed by atoms with Crippen LogP contribution in [0.15, 0.2) is 24.3 Å². The second-order valence-corrected chi connectivity index (χ2v) is 6.32. The molecule has 1 heterocycles. The SMILES string of the molecule is CC(C)[C@H](N)C(=O)NC1CCN(C(=O)c2ccccc2F)CC1. The zero-order valence-electron chi connectivity index (χ0n) is 13.6. The average Bonchev–Trinajstić information content (AvgIpc) is 2.54. The van der Waals surface area contributed by atoms with E-state index in [9.17, 15) is 14.0 Å². The van der Waals surface area contributed by atoms with Crippen molar-refractivity contribution in [2.45, 2.75) is 38.8 Å². The van der Waals surface area contributed by atoms with Crippen LogP contribution < -0.4 is 11.1 Å². The fourth-order valence-electron chi connectivity index (χ4n) is 2.63. The van der Waals surface area contributed by atoms with Crippen molar-refractivity contribution in [3.8, 4) is 0 Å². The van der Waals surface area contributed by atoms with Crippen LogP contribution in [-0.4, -0.2) is 41.9 Å².